The molecule has 0 saturated carbocycles. The van der Waals surface area contributed by atoms with E-state index in [9.17, 15) is 4.79 Å². The summed E-state index contributed by atoms with van der Waals surface area (Å²) in [4.78, 5) is 12.4. The van der Waals surface area contributed by atoms with Gasteiger partial charge in [0.25, 0.3) is 0 Å². The fourth-order valence-electron chi connectivity index (χ4n) is 2.08. The summed E-state index contributed by atoms with van der Waals surface area (Å²) in [5, 5.41) is 3.05. The number of fused-ring (bicyclic) bond motifs is 1. The average Bonchev–Trinajstić information content (AvgIpc) is 2.92. The molecule has 2 nitrogen and oxygen atoms in total. The second kappa shape index (κ2) is 5.09. The number of benzene rings is 1. The maximum absolute atomic E-state index is 11.4. The lowest BCUT2D eigenvalue weighted by molar-refractivity contribution is -0.115. The van der Waals surface area contributed by atoms with Crippen molar-refractivity contribution >= 4 is 62.1 Å². The van der Waals surface area contributed by atoms with Gasteiger partial charge in [-0.3, -0.25) is 4.79 Å². The van der Waals surface area contributed by atoms with Crippen molar-refractivity contribution in [1.29, 1.82) is 0 Å². The molecule has 3 rings (SSSR count). The van der Waals surface area contributed by atoms with Gasteiger partial charge in [0.1, 0.15) is 0 Å². The molecule has 2 heterocycles. The topological polar surface area (TPSA) is 29.1 Å². The molecule has 1 aliphatic heterocycles. The number of carbonyl (C=O) groups excluding carboxylic acids is 1. The summed E-state index contributed by atoms with van der Waals surface area (Å²) in [5.41, 5.74) is 2.58. The zero-order valence-corrected chi connectivity index (χ0v) is 13.5. The van der Waals surface area contributed by atoms with E-state index in [4.69, 9.17) is 23.2 Å². The van der Waals surface area contributed by atoms with Gasteiger partial charge in [-0.2, -0.15) is 0 Å². The summed E-state index contributed by atoms with van der Waals surface area (Å²) >= 11 is 17.8. The van der Waals surface area contributed by atoms with Crippen molar-refractivity contribution < 1.29 is 4.79 Å². The Balaban J connectivity index is 2.02. The largest absolute Gasteiger partial charge is 0.325 e. The minimum absolute atomic E-state index is 0.00629. The van der Waals surface area contributed by atoms with E-state index < -0.39 is 0 Å². The Morgan fingerprint density at radius 2 is 2.16 bits per heavy atom. The Morgan fingerprint density at radius 3 is 2.84 bits per heavy atom. The summed E-state index contributed by atoms with van der Waals surface area (Å²) in [6.45, 7) is 0. The lowest BCUT2D eigenvalue weighted by Crippen LogP contribution is -2.03. The van der Waals surface area contributed by atoms with Crippen LogP contribution in [0, 0.1) is 0 Å². The van der Waals surface area contributed by atoms with Crippen molar-refractivity contribution in [1.82, 2.24) is 0 Å². The highest BCUT2D eigenvalue weighted by Gasteiger charge is 2.23. The van der Waals surface area contributed by atoms with Crippen LogP contribution in [0.25, 0.3) is 0 Å². The number of thiophene rings is 1. The van der Waals surface area contributed by atoms with Gasteiger partial charge < -0.3 is 5.32 Å². The number of carbonyl (C=O) groups is 1. The van der Waals surface area contributed by atoms with E-state index >= 15 is 0 Å². The van der Waals surface area contributed by atoms with Gasteiger partial charge in [0.05, 0.1) is 15.6 Å². The van der Waals surface area contributed by atoms with Crippen LogP contribution in [-0.2, 0) is 11.2 Å². The molecule has 0 fully saturated rings. The lowest BCUT2D eigenvalue weighted by atomic mass is 10.0. The molecule has 1 N–H and O–H groups in total. The van der Waals surface area contributed by atoms with E-state index in [1.807, 2.05) is 18.2 Å². The maximum Gasteiger partial charge on any atom is 0.228 e. The Morgan fingerprint density at radius 1 is 1.37 bits per heavy atom. The summed E-state index contributed by atoms with van der Waals surface area (Å²) < 4.78 is 1.03. The molecule has 1 aromatic carbocycles. The highest BCUT2D eigenvalue weighted by Crippen LogP contribution is 2.41. The van der Waals surface area contributed by atoms with E-state index in [-0.39, 0.29) is 11.3 Å². The molecule has 1 unspecified atom stereocenters. The fourth-order valence-corrected chi connectivity index (χ4v) is 4.22. The summed E-state index contributed by atoms with van der Waals surface area (Å²) in [6.07, 6.45) is 0.386. The van der Waals surface area contributed by atoms with Crippen LogP contribution in [0.2, 0.25) is 5.02 Å². The molecule has 0 radical (unpaired) electrons. The van der Waals surface area contributed by atoms with Crippen molar-refractivity contribution in [3.05, 3.63) is 49.1 Å². The Hall–Kier alpha value is -0.550. The third-order valence-corrected chi connectivity index (χ3v) is 5.58. The molecule has 6 heteroatoms. The first-order valence-corrected chi connectivity index (χ1v) is 7.98. The van der Waals surface area contributed by atoms with Gasteiger partial charge in [-0.05, 0) is 51.3 Å². The smallest absolute Gasteiger partial charge is 0.228 e. The fraction of sp³-hybridized carbons (Fsp3) is 0.154. The molecular formula is C13H8BrCl2NOS. The van der Waals surface area contributed by atoms with Gasteiger partial charge in [-0.25, -0.2) is 0 Å². The van der Waals surface area contributed by atoms with Crippen molar-refractivity contribution in [3.63, 3.8) is 0 Å². The quantitative estimate of drug-likeness (QED) is 0.735. The first-order valence-electron chi connectivity index (χ1n) is 5.56. The maximum atomic E-state index is 11.4. The number of anilines is 1. The number of rotatable bonds is 2. The van der Waals surface area contributed by atoms with Gasteiger partial charge in [-0.1, -0.05) is 11.6 Å². The summed E-state index contributed by atoms with van der Waals surface area (Å²) in [6, 6.07) is 7.62. The van der Waals surface area contributed by atoms with Crippen molar-refractivity contribution in [3.8, 4) is 0 Å². The number of hydrogen-bond acceptors (Lipinski definition) is 2. The number of amides is 1. The molecule has 0 spiro atoms. The normalized spacial score (nSPS) is 15.2. The van der Waals surface area contributed by atoms with Crippen LogP contribution >= 0.6 is 50.5 Å². The zero-order valence-electron chi connectivity index (χ0n) is 9.54. The van der Waals surface area contributed by atoms with Crippen LogP contribution in [0.15, 0.2) is 28.1 Å². The number of hydrogen-bond donors (Lipinski definition) is 1. The van der Waals surface area contributed by atoms with Crippen LogP contribution in [-0.4, -0.2) is 5.91 Å². The van der Waals surface area contributed by atoms with Crippen molar-refractivity contribution in [2.24, 2.45) is 0 Å². The van der Waals surface area contributed by atoms with E-state index in [2.05, 4.69) is 21.2 Å². The molecule has 1 amide bonds. The summed E-state index contributed by atoms with van der Waals surface area (Å²) in [5.74, 6) is -0.00629. The van der Waals surface area contributed by atoms with E-state index in [1.54, 1.807) is 17.4 Å². The van der Waals surface area contributed by atoms with E-state index in [0.29, 0.717) is 11.4 Å². The standard InChI is InChI=1S/C13H8BrCl2NOS/c14-11-2-1-10(19-11)13(16)7-3-6-4-12(18)17-9(6)5-8(7)15/h1-3,5,13H,4H2,(H,17,18). The number of halogens is 3. The minimum atomic E-state index is -0.301. The minimum Gasteiger partial charge on any atom is -0.325 e. The van der Waals surface area contributed by atoms with E-state index in [1.165, 1.54) is 0 Å². The molecule has 2 aromatic rings. The second-order valence-electron chi connectivity index (χ2n) is 4.26. The Labute approximate surface area is 132 Å². The third-order valence-electron chi connectivity index (χ3n) is 2.96. The Bertz CT molecular complexity index is 671. The highest BCUT2D eigenvalue weighted by molar-refractivity contribution is 9.11. The van der Waals surface area contributed by atoms with Crippen LogP contribution < -0.4 is 5.32 Å². The van der Waals surface area contributed by atoms with Gasteiger partial charge in [0.2, 0.25) is 5.91 Å². The van der Waals surface area contributed by atoms with Crippen LogP contribution in [0.5, 0.6) is 0 Å². The molecule has 0 bridgehead atoms. The predicted molar refractivity (Wildman–Crippen MR) is 83.5 cm³/mol. The van der Waals surface area contributed by atoms with Crippen LogP contribution in [0.3, 0.4) is 0 Å². The van der Waals surface area contributed by atoms with Crippen LogP contribution in [0.4, 0.5) is 5.69 Å². The van der Waals surface area contributed by atoms with Crippen LogP contribution in [0.1, 0.15) is 21.4 Å². The zero-order chi connectivity index (χ0) is 13.6. The van der Waals surface area contributed by atoms with Gasteiger partial charge in [-0.15, -0.1) is 22.9 Å². The molecule has 19 heavy (non-hydrogen) atoms. The molecule has 1 atom stereocenters. The monoisotopic (exact) mass is 375 g/mol. The predicted octanol–water partition coefficient (Wildman–Crippen LogP) is 4.99. The van der Waals surface area contributed by atoms with Gasteiger partial charge >= 0.3 is 0 Å². The van der Waals surface area contributed by atoms with Gasteiger partial charge in [0.15, 0.2) is 0 Å². The first-order chi connectivity index (χ1) is 9.04. The highest BCUT2D eigenvalue weighted by atomic mass is 79.9. The molecule has 98 valence electrons. The Kier molecular flexibility index (Phi) is 3.60. The molecule has 1 aromatic heterocycles. The van der Waals surface area contributed by atoms with Crippen molar-refractivity contribution in [2.45, 2.75) is 11.8 Å². The molecule has 0 aliphatic carbocycles. The second-order valence-corrected chi connectivity index (χ2v) is 7.60. The molecular weight excluding hydrogens is 369 g/mol. The lowest BCUT2D eigenvalue weighted by Gasteiger charge is -2.12. The van der Waals surface area contributed by atoms with Crippen molar-refractivity contribution in [2.75, 3.05) is 5.32 Å². The third kappa shape index (κ3) is 2.55. The first kappa shape index (κ1) is 13.4. The number of alkyl halides is 1. The number of nitrogens with one attached hydrogen (secondary N) is 1. The SMILES string of the molecule is O=C1Cc2cc(C(Cl)c3ccc(Br)s3)c(Cl)cc2N1. The van der Waals surface area contributed by atoms with E-state index in [0.717, 1.165) is 25.5 Å². The summed E-state index contributed by atoms with van der Waals surface area (Å²) in [7, 11) is 0. The van der Waals surface area contributed by atoms with Gasteiger partial charge in [0, 0.05) is 15.6 Å². The average molecular weight is 377 g/mol. The molecule has 1 aliphatic rings. The molecule has 0 saturated heterocycles.